The highest BCUT2D eigenvalue weighted by molar-refractivity contribution is 9.10. The third-order valence-corrected chi connectivity index (χ3v) is 3.52. The number of hydrogen-bond donors (Lipinski definition) is 1. The fourth-order valence-electron chi connectivity index (χ4n) is 1.84. The Kier molecular flexibility index (Phi) is 5.22. The molecule has 0 heterocycles. The molecule has 2 aromatic carbocycles. The van der Waals surface area contributed by atoms with Crippen LogP contribution >= 0.6 is 15.9 Å². The Hall–Kier alpha value is -2.01. The molecule has 4 nitrogen and oxygen atoms in total. The van der Waals surface area contributed by atoms with Gasteiger partial charge in [-0.2, -0.15) is 0 Å². The fraction of sp³-hybridized carbons (Fsp3) is 0.188. The van der Waals surface area contributed by atoms with E-state index in [0.717, 1.165) is 21.3 Å². The first-order valence-electron chi connectivity index (χ1n) is 6.34. The predicted octanol–water partition coefficient (Wildman–Crippen LogP) is 3.66. The summed E-state index contributed by atoms with van der Waals surface area (Å²) >= 11 is 3.43. The Bertz CT molecular complexity index is 623. The zero-order chi connectivity index (χ0) is 15.2. The molecule has 0 aliphatic rings. The number of benzene rings is 2. The van der Waals surface area contributed by atoms with Crippen LogP contribution in [0.15, 0.2) is 46.9 Å². The van der Waals surface area contributed by atoms with Crippen LogP contribution in [0.2, 0.25) is 0 Å². The second-order valence-corrected chi connectivity index (χ2v) is 5.33. The fourth-order valence-corrected chi connectivity index (χ4v) is 2.43. The van der Waals surface area contributed by atoms with Gasteiger partial charge < -0.3 is 14.6 Å². The minimum Gasteiger partial charge on any atom is -0.496 e. The van der Waals surface area contributed by atoms with Crippen LogP contribution in [0.1, 0.15) is 11.1 Å². The molecule has 0 aliphatic heterocycles. The summed E-state index contributed by atoms with van der Waals surface area (Å²) in [4.78, 5) is 10.6. The topological polar surface area (TPSA) is 55.8 Å². The van der Waals surface area contributed by atoms with Gasteiger partial charge in [0.15, 0.2) is 0 Å². The molecule has 0 saturated carbocycles. The van der Waals surface area contributed by atoms with Crippen molar-refractivity contribution in [1.82, 2.24) is 0 Å². The summed E-state index contributed by atoms with van der Waals surface area (Å²) in [5, 5.41) is 8.71. The van der Waals surface area contributed by atoms with Gasteiger partial charge in [-0.25, -0.2) is 0 Å². The van der Waals surface area contributed by atoms with Gasteiger partial charge in [0, 0.05) is 0 Å². The summed E-state index contributed by atoms with van der Waals surface area (Å²) in [6.45, 7) is 0.431. The highest BCUT2D eigenvalue weighted by Crippen LogP contribution is 2.26. The Morgan fingerprint density at radius 2 is 1.81 bits per heavy atom. The molecule has 0 bridgehead atoms. The number of carboxylic acids is 1. The van der Waals surface area contributed by atoms with Crippen molar-refractivity contribution in [2.75, 3.05) is 7.11 Å². The molecule has 110 valence electrons. The van der Waals surface area contributed by atoms with Gasteiger partial charge in [-0.1, -0.05) is 18.2 Å². The molecular formula is C16H15BrO4. The second-order valence-electron chi connectivity index (χ2n) is 4.47. The van der Waals surface area contributed by atoms with Crippen molar-refractivity contribution in [2.24, 2.45) is 0 Å². The highest BCUT2D eigenvalue weighted by atomic mass is 79.9. The van der Waals surface area contributed by atoms with Crippen LogP contribution in [0.4, 0.5) is 0 Å². The van der Waals surface area contributed by atoms with Crippen LogP contribution < -0.4 is 9.47 Å². The van der Waals surface area contributed by atoms with Gasteiger partial charge in [-0.05, 0) is 51.3 Å². The molecule has 0 spiro atoms. The lowest BCUT2D eigenvalue weighted by Gasteiger charge is -2.09. The van der Waals surface area contributed by atoms with Crippen LogP contribution in [-0.4, -0.2) is 18.2 Å². The van der Waals surface area contributed by atoms with Gasteiger partial charge >= 0.3 is 5.97 Å². The summed E-state index contributed by atoms with van der Waals surface area (Å²) < 4.78 is 11.7. The second kappa shape index (κ2) is 7.13. The summed E-state index contributed by atoms with van der Waals surface area (Å²) in [5.74, 6) is 0.639. The summed E-state index contributed by atoms with van der Waals surface area (Å²) in [6, 6.07) is 12.8. The first-order chi connectivity index (χ1) is 10.1. The molecule has 0 fully saturated rings. The predicted molar refractivity (Wildman–Crippen MR) is 82.8 cm³/mol. The number of methoxy groups -OCH3 is 1. The molecule has 1 N–H and O–H groups in total. The lowest BCUT2D eigenvalue weighted by molar-refractivity contribution is -0.136. The molecule has 0 aromatic heterocycles. The van der Waals surface area contributed by atoms with Gasteiger partial charge in [0.05, 0.1) is 18.0 Å². The maximum absolute atomic E-state index is 10.6. The Morgan fingerprint density at radius 3 is 2.38 bits per heavy atom. The van der Waals surface area contributed by atoms with E-state index in [0.29, 0.717) is 12.4 Å². The lowest BCUT2D eigenvalue weighted by Crippen LogP contribution is -2.00. The van der Waals surface area contributed by atoms with E-state index in [4.69, 9.17) is 14.6 Å². The van der Waals surface area contributed by atoms with Gasteiger partial charge in [0.2, 0.25) is 0 Å². The molecule has 0 saturated heterocycles. The number of aliphatic carboxylic acids is 1. The minimum absolute atomic E-state index is 0.0196. The molecule has 0 radical (unpaired) electrons. The van der Waals surface area contributed by atoms with E-state index in [1.54, 1.807) is 31.4 Å². The molecule has 21 heavy (non-hydrogen) atoms. The maximum Gasteiger partial charge on any atom is 0.307 e. The van der Waals surface area contributed by atoms with Crippen LogP contribution in [0.25, 0.3) is 0 Å². The largest absolute Gasteiger partial charge is 0.496 e. The molecule has 2 rings (SSSR count). The monoisotopic (exact) mass is 350 g/mol. The van der Waals surface area contributed by atoms with E-state index in [1.165, 1.54) is 0 Å². The molecule has 0 atom stereocenters. The van der Waals surface area contributed by atoms with Gasteiger partial charge in [0.25, 0.3) is 0 Å². The summed E-state index contributed by atoms with van der Waals surface area (Å²) in [5.41, 5.74) is 1.76. The lowest BCUT2D eigenvalue weighted by atomic mass is 10.1. The van der Waals surface area contributed by atoms with E-state index in [1.807, 2.05) is 18.2 Å². The Balaban J connectivity index is 1.96. The van der Waals surface area contributed by atoms with Crippen LogP contribution in [0, 0.1) is 0 Å². The minimum atomic E-state index is -0.841. The zero-order valence-corrected chi connectivity index (χ0v) is 13.1. The number of carboxylic acid groups (broad SMARTS) is 1. The van der Waals surface area contributed by atoms with Gasteiger partial charge in [-0.15, -0.1) is 0 Å². The van der Waals surface area contributed by atoms with Crippen molar-refractivity contribution < 1.29 is 19.4 Å². The van der Waals surface area contributed by atoms with Crippen molar-refractivity contribution in [3.05, 3.63) is 58.1 Å². The molecule has 0 unspecified atom stereocenters. The third kappa shape index (κ3) is 4.49. The van der Waals surface area contributed by atoms with Gasteiger partial charge in [0.1, 0.15) is 18.1 Å². The first kappa shape index (κ1) is 15.4. The number of rotatable bonds is 6. The van der Waals surface area contributed by atoms with E-state index >= 15 is 0 Å². The number of hydrogen-bond acceptors (Lipinski definition) is 3. The van der Waals surface area contributed by atoms with E-state index in [-0.39, 0.29) is 6.42 Å². The standard InChI is InChI=1S/C16H15BrO4/c1-20-15-7-4-12(8-14(15)17)10-21-13-5-2-11(3-6-13)9-16(18)19/h2-8H,9-10H2,1H3,(H,18,19). The SMILES string of the molecule is COc1ccc(COc2ccc(CC(=O)O)cc2)cc1Br. The zero-order valence-electron chi connectivity index (χ0n) is 11.5. The van der Waals surface area contributed by atoms with Crippen LogP contribution in [0.3, 0.4) is 0 Å². The van der Waals surface area contributed by atoms with E-state index in [2.05, 4.69) is 15.9 Å². The average molecular weight is 351 g/mol. The molecule has 0 amide bonds. The average Bonchev–Trinajstić information content (AvgIpc) is 2.46. The molecule has 2 aromatic rings. The maximum atomic E-state index is 10.6. The van der Waals surface area contributed by atoms with Crippen LogP contribution in [-0.2, 0) is 17.8 Å². The Morgan fingerprint density at radius 1 is 1.14 bits per heavy atom. The summed E-state index contributed by atoms with van der Waals surface area (Å²) in [7, 11) is 1.62. The van der Waals surface area contributed by atoms with E-state index < -0.39 is 5.97 Å². The molecule has 0 aliphatic carbocycles. The van der Waals surface area contributed by atoms with Crippen molar-refractivity contribution in [1.29, 1.82) is 0 Å². The van der Waals surface area contributed by atoms with E-state index in [9.17, 15) is 4.79 Å². The highest BCUT2D eigenvalue weighted by Gasteiger charge is 2.03. The van der Waals surface area contributed by atoms with Crippen LogP contribution in [0.5, 0.6) is 11.5 Å². The molecule has 5 heteroatoms. The summed E-state index contributed by atoms with van der Waals surface area (Å²) in [6.07, 6.45) is 0.0196. The van der Waals surface area contributed by atoms with Crippen molar-refractivity contribution in [3.8, 4) is 11.5 Å². The normalized spacial score (nSPS) is 10.2. The van der Waals surface area contributed by atoms with Crippen molar-refractivity contribution in [3.63, 3.8) is 0 Å². The van der Waals surface area contributed by atoms with Gasteiger partial charge in [-0.3, -0.25) is 4.79 Å². The number of ether oxygens (including phenoxy) is 2. The Labute approximate surface area is 131 Å². The third-order valence-electron chi connectivity index (χ3n) is 2.90. The van der Waals surface area contributed by atoms with Crippen molar-refractivity contribution >= 4 is 21.9 Å². The quantitative estimate of drug-likeness (QED) is 0.863. The van der Waals surface area contributed by atoms with Crippen molar-refractivity contribution in [2.45, 2.75) is 13.0 Å². The number of halogens is 1. The smallest absolute Gasteiger partial charge is 0.307 e. The first-order valence-corrected chi connectivity index (χ1v) is 7.13. The number of carbonyl (C=O) groups is 1. The molecular weight excluding hydrogens is 336 g/mol.